The molecule has 3 heterocycles. The maximum Gasteiger partial charge on any atom is 0.267 e. The Morgan fingerprint density at radius 1 is 1.27 bits per heavy atom. The van der Waals surface area contributed by atoms with E-state index >= 15 is 0 Å². The van der Waals surface area contributed by atoms with E-state index in [1.54, 1.807) is 19.9 Å². The van der Waals surface area contributed by atoms with Crippen LogP contribution in [0.5, 0.6) is 0 Å². The number of rotatable bonds is 5. The Morgan fingerprint density at radius 3 is 2.69 bits per heavy atom. The summed E-state index contributed by atoms with van der Waals surface area (Å²) in [5.41, 5.74) is 1.48. The monoisotopic (exact) mass is 379 g/mol. The first kappa shape index (κ1) is 17.4. The second-order valence-electron chi connectivity index (χ2n) is 6.91. The molecule has 0 aromatic carbocycles. The van der Waals surface area contributed by atoms with Crippen molar-refractivity contribution in [1.29, 1.82) is 0 Å². The number of nitrogens with zero attached hydrogens (tertiary/aromatic N) is 3. The molecule has 1 aliphatic heterocycles. The van der Waals surface area contributed by atoms with Gasteiger partial charge in [0.25, 0.3) is 5.56 Å². The molecule has 140 valence electrons. The zero-order valence-electron chi connectivity index (χ0n) is 14.6. The van der Waals surface area contributed by atoms with Crippen LogP contribution in [0.15, 0.2) is 21.8 Å². The minimum absolute atomic E-state index is 0.134. The summed E-state index contributed by atoms with van der Waals surface area (Å²) in [5.74, 6) is 0.399. The Kier molecular flexibility index (Phi) is 4.20. The number of aromatic amines is 1. The van der Waals surface area contributed by atoms with Crippen molar-refractivity contribution in [3.8, 4) is 0 Å². The molecule has 4 rings (SSSR count). The molecule has 1 saturated heterocycles. The average Bonchev–Trinajstić information content (AvgIpc) is 3.24. The fourth-order valence-corrected chi connectivity index (χ4v) is 4.99. The first-order valence-electron chi connectivity index (χ1n) is 8.58. The lowest BCUT2D eigenvalue weighted by atomic mass is 10.2. The Hall–Kier alpha value is -2.04. The van der Waals surface area contributed by atoms with E-state index in [2.05, 4.69) is 20.0 Å². The summed E-state index contributed by atoms with van der Waals surface area (Å²) in [4.78, 5) is 12.4. The van der Waals surface area contributed by atoms with Crippen LogP contribution in [0.25, 0.3) is 0 Å². The van der Waals surface area contributed by atoms with E-state index in [0.29, 0.717) is 17.3 Å². The number of sulfonamides is 1. The largest absolute Gasteiger partial charge is 0.377 e. The number of aromatic nitrogens is 4. The summed E-state index contributed by atoms with van der Waals surface area (Å²) in [6.07, 6.45) is 2.14. The van der Waals surface area contributed by atoms with Crippen molar-refractivity contribution in [3.63, 3.8) is 0 Å². The minimum Gasteiger partial charge on any atom is -0.377 e. The molecule has 2 aromatic rings. The summed E-state index contributed by atoms with van der Waals surface area (Å²) < 4.78 is 35.1. The van der Waals surface area contributed by atoms with Crippen molar-refractivity contribution in [3.05, 3.63) is 39.6 Å². The second kappa shape index (κ2) is 6.29. The normalized spacial score (nSPS) is 23.5. The summed E-state index contributed by atoms with van der Waals surface area (Å²) in [7, 11) is -3.80. The van der Waals surface area contributed by atoms with Gasteiger partial charge in [0, 0.05) is 12.0 Å². The first-order valence-corrected chi connectivity index (χ1v) is 10.1. The molecule has 1 aliphatic carbocycles. The lowest BCUT2D eigenvalue weighted by Gasteiger charge is -2.20. The van der Waals surface area contributed by atoms with Crippen molar-refractivity contribution in [1.82, 2.24) is 24.7 Å². The fraction of sp³-hybridized carbons (Fsp3) is 0.562. The number of H-pyrrole nitrogens is 1. The zero-order chi connectivity index (χ0) is 18.5. The smallest absolute Gasteiger partial charge is 0.267 e. The Bertz CT molecular complexity index is 973. The van der Waals surface area contributed by atoms with Crippen LogP contribution < -0.4 is 10.3 Å². The SMILES string of the molecule is Cc1n[nH]c(C)c1S(=O)(=O)NC1COCC1n1nc(C2CC2)ccc1=O. The van der Waals surface area contributed by atoms with Crippen LogP contribution >= 0.6 is 0 Å². The van der Waals surface area contributed by atoms with Gasteiger partial charge in [-0.05, 0) is 32.8 Å². The molecule has 10 heteroatoms. The lowest BCUT2D eigenvalue weighted by Crippen LogP contribution is -2.44. The molecule has 2 fully saturated rings. The van der Waals surface area contributed by atoms with Crippen LogP contribution in [-0.4, -0.2) is 47.7 Å². The molecule has 2 aliphatic rings. The zero-order valence-corrected chi connectivity index (χ0v) is 15.4. The van der Waals surface area contributed by atoms with Gasteiger partial charge in [0.2, 0.25) is 10.0 Å². The number of hydrogen-bond acceptors (Lipinski definition) is 6. The van der Waals surface area contributed by atoms with Gasteiger partial charge in [-0.1, -0.05) is 0 Å². The van der Waals surface area contributed by atoms with Crippen molar-refractivity contribution >= 4 is 10.0 Å². The third kappa shape index (κ3) is 3.08. The van der Waals surface area contributed by atoms with Gasteiger partial charge in [0.15, 0.2) is 0 Å². The second-order valence-corrected chi connectivity index (χ2v) is 8.56. The Labute approximate surface area is 150 Å². The molecule has 26 heavy (non-hydrogen) atoms. The lowest BCUT2D eigenvalue weighted by molar-refractivity contribution is 0.181. The molecule has 0 spiro atoms. The number of aryl methyl sites for hydroxylation is 2. The highest BCUT2D eigenvalue weighted by Crippen LogP contribution is 2.38. The van der Waals surface area contributed by atoms with Gasteiger partial charge >= 0.3 is 0 Å². The highest BCUT2D eigenvalue weighted by Gasteiger charge is 2.37. The van der Waals surface area contributed by atoms with Gasteiger partial charge in [0.05, 0.1) is 42.4 Å². The minimum atomic E-state index is -3.80. The molecule has 0 amide bonds. The van der Waals surface area contributed by atoms with Gasteiger partial charge in [-0.2, -0.15) is 10.2 Å². The summed E-state index contributed by atoms with van der Waals surface area (Å²) in [6, 6.07) is 2.19. The van der Waals surface area contributed by atoms with E-state index in [9.17, 15) is 13.2 Å². The fourth-order valence-electron chi connectivity index (χ4n) is 3.37. The van der Waals surface area contributed by atoms with Gasteiger partial charge < -0.3 is 4.74 Å². The maximum absolute atomic E-state index is 12.8. The van der Waals surface area contributed by atoms with Gasteiger partial charge in [-0.3, -0.25) is 9.89 Å². The van der Waals surface area contributed by atoms with E-state index in [4.69, 9.17) is 4.74 Å². The van der Waals surface area contributed by atoms with Crippen LogP contribution in [0, 0.1) is 13.8 Å². The van der Waals surface area contributed by atoms with E-state index < -0.39 is 22.1 Å². The van der Waals surface area contributed by atoms with E-state index in [-0.39, 0.29) is 23.7 Å². The van der Waals surface area contributed by atoms with Gasteiger partial charge in [0.1, 0.15) is 4.90 Å². The summed E-state index contributed by atoms with van der Waals surface area (Å²) >= 11 is 0. The average molecular weight is 379 g/mol. The molecular weight excluding hydrogens is 358 g/mol. The van der Waals surface area contributed by atoms with Gasteiger partial charge in [-0.15, -0.1) is 0 Å². The highest BCUT2D eigenvalue weighted by atomic mass is 32.2. The summed E-state index contributed by atoms with van der Waals surface area (Å²) in [5, 5.41) is 11.1. The van der Waals surface area contributed by atoms with E-state index in [0.717, 1.165) is 18.5 Å². The number of ether oxygens (including phenoxy) is 1. The van der Waals surface area contributed by atoms with Crippen LogP contribution in [0.4, 0.5) is 0 Å². The van der Waals surface area contributed by atoms with Gasteiger partial charge in [-0.25, -0.2) is 17.8 Å². The molecule has 0 radical (unpaired) electrons. The van der Waals surface area contributed by atoms with Crippen molar-refractivity contribution < 1.29 is 13.2 Å². The van der Waals surface area contributed by atoms with Crippen LogP contribution in [-0.2, 0) is 14.8 Å². The highest BCUT2D eigenvalue weighted by molar-refractivity contribution is 7.89. The predicted molar refractivity (Wildman–Crippen MR) is 92.5 cm³/mol. The third-order valence-corrected chi connectivity index (χ3v) is 6.59. The molecule has 2 unspecified atom stereocenters. The van der Waals surface area contributed by atoms with E-state index in [1.165, 1.54) is 10.7 Å². The molecule has 9 nitrogen and oxygen atoms in total. The molecular formula is C16H21N5O4S. The Morgan fingerprint density at radius 2 is 2.04 bits per heavy atom. The standard InChI is InChI=1S/C16H21N5O4S/c1-9-16(10(2)18-17-9)26(23,24)20-13-7-25-8-14(13)21-15(22)6-5-12(19-21)11-3-4-11/h5-6,11,13-14,20H,3-4,7-8H2,1-2H3,(H,17,18). The predicted octanol–water partition coefficient (Wildman–Crippen LogP) is 0.379. The first-order chi connectivity index (χ1) is 12.4. The molecule has 2 aromatic heterocycles. The Balaban J connectivity index is 1.63. The van der Waals surface area contributed by atoms with Crippen molar-refractivity contribution in [2.45, 2.75) is 49.6 Å². The quantitative estimate of drug-likeness (QED) is 0.775. The van der Waals surface area contributed by atoms with Crippen LogP contribution in [0.2, 0.25) is 0 Å². The van der Waals surface area contributed by atoms with Crippen LogP contribution in [0.1, 0.15) is 41.9 Å². The van der Waals surface area contributed by atoms with Crippen molar-refractivity contribution in [2.24, 2.45) is 0 Å². The summed E-state index contributed by atoms with van der Waals surface area (Å²) in [6.45, 7) is 3.70. The molecule has 1 saturated carbocycles. The number of hydrogen-bond donors (Lipinski definition) is 2. The molecule has 2 atom stereocenters. The van der Waals surface area contributed by atoms with Crippen LogP contribution in [0.3, 0.4) is 0 Å². The van der Waals surface area contributed by atoms with Crippen molar-refractivity contribution in [2.75, 3.05) is 13.2 Å². The van der Waals surface area contributed by atoms with E-state index in [1.807, 2.05) is 0 Å². The number of nitrogens with one attached hydrogen (secondary N) is 2. The maximum atomic E-state index is 12.8. The third-order valence-electron chi connectivity index (χ3n) is 4.84. The molecule has 2 N–H and O–H groups in total. The topological polar surface area (TPSA) is 119 Å². The molecule has 0 bridgehead atoms.